The van der Waals surface area contributed by atoms with E-state index in [2.05, 4.69) is 28.5 Å². The molecule has 28 heavy (non-hydrogen) atoms. The van der Waals surface area contributed by atoms with Crippen molar-refractivity contribution in [3.05, 3.63) is 29.8 Å². The van der Waals surface area contributed by atoms with E-state index in [0.717, 1.165) is 56.4 Å². The fraction of sp³-hybridized carbons (Fsp3) is 0.667. The summed E-state index contributed by atoms with van der Waals surface area (Å²) < 4.78 is 11.5. The maximum atomic E-state index is 9.40. The van der Waals surface area contributed by atoms with Gasteiger partial charge in [-0.15, -0.1) is 0 Å². The second kappa shape index (κ2) is 11.9. The number of aliphatic imine (C=N–C) groups is 1. The van der Waals surface area contributed by atoms with Gasteiger partial charge < -0.3 is 30.1 Å². The molecule has 0 spiro atoms. The third kappa shape index (κ3) is 7.30. The summed E-state index contributed by atoms with van der Waals surface area (Å²) in [4.78, 5) is 6.84. The van der Waals surface area contributed by atoms with Gasteiger partial charge in [-0.05, 0) is 39.9 Å². The molecule has 3 N–H and O–H groups in total. The largest absolute Gasteiger partial charge is 0.492 e. The van der Waals surface area contributed by atoms with Gasteiger partial charge in [-0.3, -0.25) is 0 Å². The lowest BCUT2D eigenvalue weighted by molar-refractivity contribution is 0.127. The molecule has 0 saturated carbocycles. The van der Waals surface area contributed by atoms with E-state index in [1.807, 2.05) is 32.3 Å². The van der Waals surface area contributed by atoms with E-state index in [1.165, 1.54) is 0 Å². The van der Waals surface area contributed by atoms with Crippen molar-refractivity contribution in [2.45, 2.75) is 26.3 Å². The lowest BCUT2D eigenvalue weighted by Crippen LogP contribution is -2.44. The maximum absolute atomic E-state index is 9.40. The number of ether oxygens (including phenoxy) is 2. The van der Waals surface area contributed by atoms with E-state index in [0.29, 0.717) is 19.8 Å². The molecular formula is C21H36N4O3. The van der Waals surface area contributed by atoms with Gasteiger partial charge in [-0.2, -0.15) is 0 Å². The lowest BCUT2D eigenvalue weighted by Gasteiger charge is -2.27. The Bertz CT molecular complexity index is 601. The Morgan fingerprint density at radius 3 is 2.82 bits per heavy atom. The number of aliphatic hydroxyl groups is 1. The second-order valence-electron chi connectivity index (χ2n) is 7.58. The third-order valence-electron chi connectivity index (χ3n) is 4.98. The number of para-hydroxylation sites is 1. The predicted octanol–water partition coefficient (Wildman–Crippen LogP) is 1.47. The molecule has 1 aliphatic heterocycles. The fourth-order valence-corrected chi connectivity index (χ4v) is 3.20. The van der Waals surface area contributed by atoms with E-state index in [-0.39, 0.29) is 12.0 Å². The highest BCUT2D eigenvalue weighted by Crippen LogP contribution is 2.31. The molecule has 1 fully saturated rings. The van der Waals surface area contributed by atoms with E-state index in [9.17, 15) is 5.11 Å². The zero-order valence-electron chi connectivity index (χ0n) is 17.5. The van der Waals surface area contributed by atoms with Crippen LogP contribution in [0.2, 0.25) is 0 Å². The Labute approximate surface area is 169 Å². The number of hydrogen-bond donors (Lipinski definition) is 3. The van der Waals surface area contributed by atoms with Crippen molar-refractivity contribution < 1.29 is 14.6 Å². The van der Waals surface area contributed by atoms with Crippen molar-refractivity contribution in [1.29, 1.82) is 0 Å². The molecule has 1 saturated heterocycles. The van der Waals surface area contributed by atoms with Crippen LogP contribution in [0, 0.1) is 5.41 Å². The van der Waals surface area contributed by atoms with Crippen LogP contribution < -0.4 is 15.4 Å². The Balaban J connectivity index is 1.98. The first-order valence-corrected chi connectivity index (χ1v) is 10.1. The van der Waals surface area contributed by atoms with E-state index >= 15 is 0 Å². The summed E-state index contributed by atoms with van der Waals surface area (Å²) in [7, 11) is 4.07. The fourth-order valence-electron chi connectivity index (χ4n) is 3.20. The molecule has 0 amide bonds. The van der Waals surface area contributed by atoms with Gasteiger partial charge in [-0.25, -0.2) is 4.99 Å². The van der Waals surface area contributed by atoms with Gasteiger partial charge in [0, 0.05) is 43.8 Å². The number of aliphatic hydroxyl groups excluding tert-OH is 1. The summed E-state index contributed by atoms with van der Waals surface area (Å²) in [5.41, 5.74) is 1.05. The Hall–Kier alpha value is -1.83. The van der Waals surface area contributed by atoms with E-state index < -0.39 is 0 Å². The van der Waals surface area contributed by atoms with Gasteiger partial charge in [0.05, 0.1) is 13.2 Å². The monoisotopic (exact) mass is 392 g/mol. The molecule has 7 nitrogen and oxygen atoms in total. The van der Waals surface area contributed by atoms with Crippen LogP contribution in [0.25, 0.3) is 0 Å². The highest BCUT2D eigenvalue weighted by Gasteiger charge is 2.34. The molecular weight excluding hydrogens is 356 g/mol. The van der Waals surface area contributed by atoms with Crippen molar-refractivity contribution in [3.63, 3.8) is 0 Å². The Kier molecular flexibility index (Phi) is 9.54. The number of benzene rings is 1. The van der Waals surface area contributed by atoms with Gasteiger partial charge in [-0.1, -0.05) is 18.2 Å². The quantitative estimate of drug-likeness (QED) is 0.391. The van der Waals surface area contributed by atoms with Crippen molar-refractivity contribution in [2.24, 2.45) is 10.4 Å². The van der Waals surface area contributed by atoms with Crippen molar-refractivity contribution in [3.8, 4) is 5.75 Å². The highest BCUT2D eigenvalue weighted by atomic mass is 16.5. The molecule has 0 bridgehead atoms. The molecule has 1 aliphatic rings. The number of nitrogens with zero attached hydrogens (tertiary/aromatic N) is 2. The first kappa shape index (κ1) is 22.5. The van der Waals surface area contributed by atoms with Crippen LogP contribution in [-0.4, -0.2) is 76.1 Å². The zero-order chi connectivity index (χ0) is 20.2. The molecule has 0 radical (unpaired) electrons. The van der Waals surface area contributed by atoms with Gasteiger partial charge in [0.1, 0.15) is 12.4 Å². The average molecular weight is 393 g/mol. The summed E-state index contributed by atoms with van der Waals surface area (Å²) in [5.74, 6) is 1.65. The molecule has 1 heterocycles. The number of likely N-dealkylation sites (N-methyl/N-ethyl adjacent to an activating group) is 1. The zero-order valence-corrected chi connectivity index (χ0v) is 17.5. The molecule has 0 aromatic heterocycles. The van der Waals surface area contributed by atoms with Crippen LogP contribution in [0.5, 0.6) is 5.75 Å². The molecule has 158 valence electrons. The van der Waals surface area contributed by atoms with Crippen LogP contribution in [-0.2, 0) is 11.3 Å². The molecule has 1 aromatic rings. The summed E-state index contributed by atoms with van der Waals surface area (Å²) >= 11 is 0. The smallest absolute Gasteiger partial charge is 0.191 e. The predicted molar refractivity (Wildman–Crippen MR) is 113 cm³/mol. The molecule has 0 aliphatic carbocycles. The Morgan fingerprint density at radius 1 is 1.32 bits per heavy atom. The van der Waals surface area contributed by atoms with Crippen LogP contribution in [0.4, 0.5) is 0 Å². The van der Waals surface area contributed by atoms with Crippen molar-refractivity contribution >= 4 is 5.96 Å². The van der Waals surface area contributed by atoms with Gasteiger partial charge in [0.25, 0.3) is 0 Å². The van der Waals surface area contributed by atoms with Crippen LogP contribution in [0.1, 0.15) is 25.3 Å². The van der Waals surface area contributed by atoms with E-state index in [1.54, 1.807) is 0 Å². The van der Waals surface area contributed by atoms with E-state index in [4.69, 9.17) is 14.5 Å². The molecule has 1 aromatic carbocycles. The number of nitrogens with one attached hydrogen (secondary N) is 2. The summed E-state index contributed by atoms with van der Waals surface area (Å²) in [5, 5.41) is 16.1. The minimum Gasteiger partial charge on any atom is -0.492 e. The molecule has 1 atom stereocenters. The Morgan fingerprint density at radius 2 is 2.14 bits per heavy atom. The van der Waals surface area contributed by atoms with Crippen LogP contribution in [0.15, 0.2) is 29.3 Å². The molecule has 7 heteroatoms. The summed E-state index contributed by atoms with van der Waals surface area (Å²) in [6.45, 7) is 7.25. The number of hydrogen-bond acceptors (Lipinski definition) is 5. The van der Waals surface area contributed by atoms with Gasteiger partial charge >= 0.3 is 0 Å². The third-order valence-corrected chi connectivity index (χ3v) is 4.98. The van der Waals surface area contributed by atoms with Crippen molar-refractivity contribution in [2.75, 3.05) is 60.2 Å². The topological polar surface area (TPSA) is 78.4 Å². The first-order valence-electron chi connectivity index (χ1n) is 10.1. The van der Waals surface area contributed by atoms with Gasteiger partial charge in [0.15, 0.2) is 5.96 Å². The second-order valence-corrected chi connectivity index (χ2v) is 7.58. The number of rotatable bonds is 11. The average Bonchev–Trinajstić information content (AvgIpc) is 3.14. The standard InChI is InChI=1S/C21H36N4O3/c1-4-22-20(24-16-21(9-12-26)10-13-27-17-21)23-15-18-7-5-6-8-19(18)28-14-11-25(2)3/h5-8,26H,4,9-17H2,1-3H3,(H2,22,23,24). The summed E-state index contributed by atoms with van der Waals surface area (Å²) in [6, 6.07) is 8.04. The minimum absolute atomic E-state index is 0.0157. The highest BCUT2D eigenvalue weighted by molar-refractivity contribution is 5.79. The summed E-state index contributed by atoms with van der Waals surface area (Å²) in [6.07, 6.45) is 1.70. The first-order chi connectivity index (χ1) is 13.6. The lowest BCUT2D eigenvalue weighted by atomic mass is 9.84. The van der Waals surface area contributed by atoms with Gasteiger partial charge in [0.2, 0.25) is 0 Å². The molecule has 2 rings (SSSR count). The maximum Gasteiger partial charge on any atom is 0.191 e. The minimum atomic E-state index is -0.0157. The SMILES string of the molecule is CCNC(=NCc1ccccc1OCCN(C)C)NCC1(CCO)CCOC1. The van der Waals surface area contributed by atoms with Crippen LogP contribution >= 0.6 is 0 Å². The number of guanidine groups is 1. The van der Waals surface area contributed by atoms with Crippen LogP contribution in [0.3, 0.4) is 0 Å². The molecule has 1 unspecified atom stereocenters. The van der Waals surface area contributed by atoms with Crippen molar-refractivity contribution in [1.82, 2.24) is 15.5 Å². The normalized spacial score (nSPS) is 19.8.